The number of hydrogen-bond acceptors (Lipinski definition) is 2. The zero-order chi connectivity index (χ0) is 14.4. The molecule has 3 rings (SSSR count). The molecule has 1 N–H and O–H groups in total. The minimum atomic E-state index is 0.0517. The third-order valence-corrected chi connectivity index (χ3v) is 4.29. The van der Waals surface area contributed by atoms with E-state index < -0.39 is 0 Å². The lowest BCUT2D eigenvalue weighted by molar-refractivity contribution is 0.556. The van der Waals surface area contributed by atoms with Crippen LogP contribution >= 0.6 is 12.2 Å². The maximum atomic E-state index is 5.37. The van der Waals surface area contributed by atoms with Crippen molar-refractivity contribution in [1.29, 1.82) is 0 Å². The molecule has 2 aromatic rings. The summed E-state index contributed by atoms with van der Waals surface area (Å²) in [7, 11) is 0. The summed E-state index contributed by atoms with van der Waals surface area (Å²) in [4.78, 5) is 8.17. The van der Waals surface area contributed by atoms with Crippen LogP contribution in [0.5, 0.6) is 0 Å². The van der Waals surface area contributed by atoms with E-state index in [0.29, 0.717) is 4.64 Å². The number of rotatable bonds is 2. The van der Waals surface area contributed by atoms with Crippen LogP contribution in [0.1, 0.15) is 50.7 Å². The Bertz CT molecular complexity index is 676. The van der Waals surface area contributed by atoms with Crippen molar-refractivity contribution in [2.45, 2.75) is 44.4 Å². The van der Waals surface area contributed by atoms with Crippen molar-refractivity contribution >= 4 is 12.2 Å². The van der Waals surface area contributed by atoms with Crippen LogP contribution in [0.2, 0.25) is 0 Å². The zero-order valence-electron chi connectivity index (χ0n) is 12.2. The van der Waals surface area contributed by atoms with Crippen molar-refractivity contribution in [1.82, 2.24) is 9.97 Å². The number of aromatic nitrogens is 2. The summed E-state index contributed by atoms with van der Waals surface area (Å²) in [5, 5.41) is 0. The smallest absolute Gasteiger partial charge is 0.130 e. The van der Waals surface area contributed by atoms with Crippen LogP contribution in [0.4, 0.5) is 0 Å². The van der Waals surface area contributed by atoms with Gasteiger partial charge in [-0.3, -0.25) is 0 Å². The van der Waals surface area contributed by atoms with Gasteiger partial charge >= 0.3 is 0 Å². The maximum absolute atomic E-state index is 5.37. The molecule has 0 bridgehead atoms. The lowest BCUT2D eigenvalue weighted by Crippen LogP contribution is -2.20. The third kappa shape index (κ3) is 2.31. The van der Waals surface area contributed by atoms with E-state index in [9.17, 15) is 0 Å². The molecule has 1 fully saturated rings. The van der Waals surface area contributed by atoms with Crippen molar-refractivity contribution in [2.24, 2.45) is 0 Å². The van der Waals surface area contributed by atoms with Gasteiger partial charge in [0.25, 0.3) is 0 Å². The molecule has 20 heavy (non-hydrogen) atoms. The number of nitrogens with one attached hydrogen (secondary N) is 1. The van der Waals surface area contributed by atoms with Gasteiger partial charge in [-0.05, 0) is 24.5 Å². The summed E-state index contributed by atoms with van der Waals surface area (Å²) >= 11 is 5.37. The molecule has 0 saturated heterocycles. The Balaban J connectivity index is 2.12. The van der Waals surface area contributed by atoms with Crippen LogP contribution in [-0.2, 0) is 10.8 Å². The molecular formula is C17H20N2S. The maximum Gasteiger partial charge on any atom is 0.130 e. The fourth-order valence-electron chi connectivity index (χ4n) is 2.63. The predicted molar refractivity (Wildman–Crippen MR) is 84.6 cm³/mol. The van der Waals surface area contributed by atoms with E-state index in [1.54, 1.807) is 0 Å². The van der Waals surface area contributed by atoms with Crippen molar-refractivity contribution in [2.75, 3.05) is 0 Å². The molecule has 1 aliphatic rings. The van der Waals surface area contributed by atoms with Crippen molar-refractivity contribution < 1.29 is 0 Å². The van der Waals surface area contributed by atoms with Crippen molar-refractivity contribution in [3.63, 3.8) is 0 Å². The number of aromatic amines is 1. The summed E-state index contributed by atoms with van der Waals surface area (Å²) in [5.41, 5.74) is 2.60. The molecule has 0 radical (unpaired) electrons. The topological polar surface area (TPSA) is 28.7 Å². The van der Waals surface area contributed by atoms with Gasteiger partial charge in [-0.15, -0.1) is 0 Å². The highest BCUT2D eigenvalue weighted by atomic mass is 32.1. The van der Waals surface area contributed by atoms with E-state index in [0.717, 1.165) is 24.4 Å². The Morgan fingerprint density at radius 1 is 1.15 bits per heavy atom. The second-order valence-corrected chi connectivity index (χ2v) is 7.10. The first-order chi connectivity index (χ1) is 9.42. The van der Waals surface area contributed by atoms with Gasteiger partial charge in [-0.25, -0.2) is 4.98 Å². The molecule has 3 heteroatoms. The average molecular weight is 284 g/mol. The average Bonchev–Trinajstić information content (AvgIpc) is 3.19. The quantitative estimate of drug-likeness (QED) is 0.822. The van der Waals surface area contributed by atoms with E-state index in [-0.39, 0.29) is 10.8 Å². The molecule has 1 aliphatic carbocycles. The van der Waals surface area contributed by atoms with Crippen LogP contribution in [0.3, 0.4) is 0 Å². The second-order valence-electron chi connectivity index (χ2n) is 6.68. The van der Waals surface area contributed by atoms with E-state index >= 15 is 0 Å². The highest BCUT2D eigenvalue weighted by Gasteiger charge is 2.48. The van der Waals surface area contributed by atoms with Crippen LogP contribution < -0.4 is 0 Å². The third-order valence-electron chi connectivity index (χ3n) is 4.08. The first kappa shape index (κ1) is 13.5. The molecule has 0 atom stereocenters. The summed E-state index contributed by atoms with van der Waals surface area (Å²) in [6.07, 6.45) is 2.28. The fraction of sp³-hybridized carbons (Fsp3) is 0.412. The highest BCUT2D eigenvalue weighted by Crippen LogP contribution is 2.52. The first-order valence-corrected chi connectivity index (χ1v) is 7.50. The predicted octanol–water partition coefficient (Wildman–Crippen LogP) is 4.52. The molecule has 0 unspecified atom stereocenters. The molecule has 0 amide bonds. The fourth-order valence-corrected chi connectivity index (χ4v) is 2.84. The number of hydrogen-bond donors (Lipinski definition) is 1. The van der Waals surface area contributed by atoms with Crippen molar-refractivity contribution in [3.8, 4) is 0 Å². The van der Waals surface area contributed by atoms with E-state index in [1.165, 1.54) is 5.56 Å². The Morgan fingerprint density at radius 2 is 1.80 bits per heavy atom. The SMILES string of the molecule is CC(C)(C)c1cc(=S)nc(C2(c3ccccc3)CC2)[nH]1. The van der Waals surface area contributed by atoms with Crippen LogP contribution in [0, 0.1) is 4.64 Å². The van der Waals surface area contributed by atoms with E-state index in [2.05, 4.69) is 61.1 Å². The Kier molecular flexibility index (Phi) is 3.05. The summed E-state index contributed by atoms with van der Waals surface area (Å²) in [6, 6.07) is 12.6. The number of benzene rings is 1. The lowest BCUT2D eigenvalue weighted by Gasteiger charge is -2.22. The highest BCUT2D eigenvalue weighted by molar-refractivity contribution is 7.71. The molecule has 1 heterocycles. The van der Waals surface area contributed by atoms with Gasteiger partial charge in [0.15, 0.2) is 0 Å². The monoisotopic (exact) mass is 284 g/mol. The number of nitrogens with zero attached hydrogens (tertiary/aromatic N) is 1. The van der Waals surface area contributed by atoms with Gasteiger partial charge < -0.3 is 4.98 Å². The van der Waals surface area contributed by atoms with Crippen molar-refractivity contribution in [3.05, 3.63) is 58.1 Å². The van der Waals surface area contributed by atoms with Gasteiger partial charge in [0.05, 0.1) is 5.41 Å². The lowest BCUT2D eigenvalue weighted by atomic mass is 9.90. The van der Waals surface area contributed by atoms with Gasteiger partial charge in [0.2, 0.25) is 0 Å². The molecule has 104 valence electrons. The first-order valence-electron chi connectivity index (χ1n) is 7.10. The largest absolute Gasteiger partial charge is 0.346 e. The standard InChI is InChI=1S/C17H20N2S/c1-16(2,3)13-11-14(20)19-15(18-13)17(9-10-17)12-7-5-4-6-8-12/h4-8,11H,9-10H2,1-3H3,(H,18,19,20). The minimum absolute atomic E-state index is 0.0517. The Morgan fingerprint density at radius 3 is 2.35 bits per heavy atom. The summed E-state index contributed by atoms with van der Waals surface area (Å²) < 4.78 is 0.686. The van der Waals surface area contributed by atoms with Gasteiger partial charge in [0.1, 0.15) is 10.5 Å². The van der Waals surface area contributed by atoms with Crippen LogP contribution in [0.15, 0.2) is 36.4 Å². The molecule has 1 saturated carbocycles. The Labute approximate surface area is 125 Å². The van der Waals surface area contributed by atoms with Gasteiger partial charge in [-0.1, -0.05) is 63.3 Å². The molecule has 1 aromatic carbocycles. The van der Waals surface area contributed by atoms with Crippen LogP contribution in [0.25, 0.3) is 0 Å². The Hall–Kier alpha value is -1.48. The normalized spacial score (nSPS) is 16.9. The van der Waals surface area contributed by atoms with E-state index in [4.69, 9.17) is 12.2 Å². The minimum Gasteiger partial charge on any atom is -0.346 e. The summed E-state index contributed by atoms with van der Waals surface area (Å²) in [5.74, 6) is 1.03. The van der Waals surface area contributed by atoms with Gasteiger partial charge in [0, 0.05) is 11.1 Å². The second kappa shape index (κ2) is 4.52. The van der Waals surface area contributed by atoms with Gasteiger partial charge in [-0.2, -0.15) is 0 Å². The molecular weight excluding hydrogens is 264 g/mol. The number of H-pyrrole nitrogens is 1. The van der Waals surface area contributed by atoms with E-state index in [1.807, 2.05) is 6.07 Å². The summed E-state index contributed by atoms with van der Waals surface area (Å²) in [6.45, 7) is 6.58. The molecule has 1 aromatic heterocycles. The molecule has 2 nitrogen and oxygen atoms in total. The van der Waals surface area contributed by atoms with Crippen LogP contribution in [-0.4, -0.2) is 9.97 Å². The zero-order valence-corrected chi connectivity index (χ0v) is 13.1. The molecule has 0 spiro atoms. The molecule has 0 aliphatic heterocycles.